The van der Waals surface area contributed by atoms with Gasteiger partial charge in [0.1, 0.15) is 12.9 Å². The number of rotatable bonds is 6. The zero-order valence-electron chi connectivity index (χ0n) is 13.5. The number of amides is 1. The summed E-state index contributed by atoms with van der Waals surface area (Å²) in [6.07, 6.45) is -2.07. The van der Waals surface area contributed by atoms with Crippen LogP contribution >= 0.6 is 0 Å². The molecule has 0 aliphatic rings. The average molecular weight is 340 g/mol. The average Bonchev–Trinajstić information content (AvgIpc) is 3.00. The van der Waals surface area contributed by atoms with Crippen LogP contribution in [0.3, 0.4) is 0 Å². The number of hydrogen-bond donors (Lipinski definition) is 0. The van der Waals surface area contributed by atoms with Crippen molar-refractivity contribution < 1.29 is 18.0 Å². The minimum Gasteiger partial charge on any atom is -0.330 e. The van der Waals surface area contributed by atoms with Crippen molar-refractivity contribution in [1.29, 1.82) is 0 Å². The van der Waals surface area contributed by atoms with Gasteiger partial charge in [0, 0.05) is 24.2 Å². The summed E-state index contributed by atoms with van der Waals surface area (Å²) in [5.41, 5.74) is 0.975. The molecule has 0 atom stereocenters. The minimum absolute atomic E-state index is 0.00901. The van der Waals surface area contributed by atoms with E-state index in [2.05, 4.69) is 10.1 Å². The molecule has 0 radical (unpaired) electrons. The SMILES string of the molecule is CCCn1ncnc1-c1ccc(C(=O)N(CC)CC(F)(F)F)cc1. The van der Waals surface area contributed by atoms with Crippen molar-refractivity contribution in [2.75, 3.05) is 13.1 Å². The van der Waals surface area contributed by atoms with Crippen LogP contribution in [0.15, 0.2) is 30.6 Å². The van der Waals surface area contributed by atoms with Crippen molar-refractivity contribution in [3.8, 4) is 11.4 Å². The molecule has 0 unspecified atom stereocenters. The highest BCUT2D eigenvalue weighted by Gasteiger charge is 2.32. The molecule has 0 N–H and O–H groups in total. The Bertz CT molecular complexity index is 679. The molecule has 130 valence electrons. The van der Waals surface area contributed by atoms with E-state index in [9.17, 15) is 18.0 Å². The molecule has 2 aromatic rings. The van der Waals surface area contributed by atoms with Crippen LogP contribution in [-0.4, -0.2) is 44.8 Å². The predicted molar refractivity (Wildman–Crippen MR) is 83.4 cm³/mol. The second kappa shape index (κ2) is 7.46. The number of carbonyl (C=O) groups is 1. The van der Waals surface area contributed by atoms with Gasteiger partial charge in [0.05, 0.1) is 0 Å². The Hall–Kier alpha value is -2.38. The topological polar surface area (TPSA) is 51.0 Å². The molecule has 0 spiro atoms. The third-order valence-corrected chi connectivity index (χ3v) is 3.48. The Kier molecular flexibility index (Phi) is 5.58. The lowest BCUT2D eigenvalue weighted by Gasteiger charge is -2.22. The number of aryl methyl sites for hydroxylation is 1. The highest BCUT2D eigenvalue weighted by atomic mass is 19.4. The normalized spacial score (nSPS) is 11.5. The quantitative estimate of drug-likeness (QED) is 0.810. The first-order valence-electron chi connectivity index (χ1n) is 7.70. The van der Waals surface area contributed by atoms with E-state index in [4.69, 9.17) is 0 Å². The fourth-order valence-corrected chi connectivity index (χ4v) is 2.35. The molecular formula is C16H19F3N4O. The number of hydrogen-bond acceptors (Lipinski definition) is 3. The lowest BCUT2D eigenvalue weighted by atomic mass is 10.1. The van der Waals surface area contributed by atoms with Crippen molar-refractivity contribution in [3.63, 3.8) is 0 Å². The maximum Gasteiger partial charge on any atom is 0.406 e. The van der Waals surface area contributed by atoms with Crippen molar-refractivity contribution in [2.45, 2.75) is 33.0 Å². The van der Waals surface area contributed by atoms with Crippen LogP contribution in [0, 0.1) is 0 Å². The van der Waals surface area contributed by atoms with Gasteiger partial charge in [0.15, 0.2) is 5.82 Å². The van der Waals surface area contributed by atoms with Gasteiger partial charge < -0.3 is 4.90 Å². The molecule has 24 heavy (non-hydrogen) atoms. The van der Waals surface area contributed by atoms with Crippen molar-refractivity contribution in [2.24, 2.45) is 0 Å². The van der Waals surface area contributed by atoms with Crippen LogP contribution in [0.25, 0.3) is 11.4 Å². The van der Waals surface area contributed by atoms with Crippen LogP contribution in [-0.2, 0) is 6.54 Å². The molecule has 0 fully saturated rings. The largest absolute Gasteiger partial charge is 0.406 e. The molecule has 0 aliphatic carbocycles. The van der Waals surface area contributed by atoms with Crippen molar-refractivity contribution >= 4 is 5.91 Å². The van der Waals surface area contributed by atoms with E-state index in [1.165, 1.54) is 25.4 Å². The first-order chi connectivity index (χ1) is 11.4. The van der Waals surface area contributed by atoms with Crippen molar-refractivity contribution in [1.82, 2.24) is 19.7 Å². The van der Waals surface area contributed by atoms with E-state index in [1.54, 1.807) is 16.8 Å². The fourth-order valence-electron chi connectivity index (χ4n) is 2.35. The molecule has 0 aliphatic heterocycles. The number of aromatic nitrogens is 3. The van der Waals surface area contributed by atoms with E-state index in [-0.39, 0.29) is 12.1 Å². The van der Waals surface area contributed by atoms with E-state index in [0.717, 1.165) is 16.9 Å². The first-order valence-corrected chi connectivity index (χ1v) is 7.70. The molecule has 2 rings (SSSR count). The Labute approximate surface area is 138 Å². The van der Waals surface area contributed by atoms with Crippen LogP contribution in [0.2, 0.25) is 0 Å². The maximum atomic E-state index is 12.5. The second-order valence-electron chi connectivity index (χ2n) is 5.32. The second-order valence-corrected chi connectivity index (χ2v) is 5.32. The molecule has 0 bridgehead atoms. The third kappa shape index (κ3) is 4.33. The predicted octanol–water partition coefficient (Wildman–Crippen LogP) is 3.38. The Balaban J connectivity index is 2.19. The Morgan fingerprint density at radius 3 is 2.42 bits per heavy atom. The van der Waals surface area contributed by atoms with Gasteiger partial charge in [-0.15, -0.1) is 0 Å². The Morgan fingerprint density at radius 2 is 1.88 bits per heavy atom. The van der Waals surface area contributed by atoms with E-state index in [0.29, 0.717) is 12.4 Å². The smallest absolute Gasteiger partial charge is 0.330 e. The number of alkyl halides is 3. The summed E-state index contributed by atoms with van der Waals surface area (Å²) in [5.74, 6) is 0.0230. The maximum absolute atomic E-state index is 12.5. The summed E-state index contributed by atoms with van der Waals surface area (Å²) in [6.45, 7) is 2.99. The summed E-state index contributed by atoms with van der Waals surface area (Å²) in [6, 6.07) is 6.37. The van der Waals surface area contributed by atoms with E-state index >= 15 is 0 Å². The lowest BCUT2D eigenvalue weighted by molar-refractivity contribution is -0.140. The van der Waals surface area contributed by atoms with E-state index < -0.39 is 18.6 Å². The summed E-state index contributed by atoms with van der Waals surface area (Å²) < 4.78 is 39.3. The van der Waals surface area contributed by atoms with Crippen LogP contribution in [0.4, 0.5) is 13.2 Å². The number of nitrogens with zero attached hydrogens (tertiary/aromatic N) is 4. The van der Waals surface area contributed by atoms with Crippen molar-refractivity contribution in [3.05, 3.63) is 36.2 Å². The van der Waals surface area contributed by atoms with Crippen LogP contribution in [0.1, 0.15) is 30.6 Å². The minimum atomic E-state index is -4.41. The summed E-state index contributed by atoms with van der Waals surface area (Å²) in [4.78, 5) is 17.2. The van der Waals surface area contributed by atoms with Gasteiger partial charge in [-0.25, -0.2) is 9.67 Å². The Morgan fingerprint density at radius 1 is 1.21 bits per heavy atom. The van der Waals surface area contributed by atoms with Gasteiger partial charge in [-0.2, -0.15) is 18.3 Å². The standard InChI is InChI=1S/C16H19F3N4O/c1-3-9-23-14(20-11-21-23)12-5-7-13(8-6-12)15(24)22(4-2)10-16(17,18)19/h5-8,11H,3-4,9-10H2,1-2H3. The zero-order chi connectivity index (χ0) is 17.7. The summed E-state index contributed by atoms with van der Waals surface area (Å²) >= 11 is 0. The van der Waals surface area contributed by atoms with Gasteiger partial charge in [0.25, 0.3) is 5.91 Å². The monoisotopic (exact) mass is 340 g/mol. The summed E-state index contributed by atoms with van der Waals surface area (Å²) in [5, 5.41) is 4.13. The summed E-state index contributed by atoms with van der Waals surface area (Å²) in [7, 11) is 0. The number of carbonyl (C=O) groups excluding carboxylic acids is 1. The molecule has 1 aromatic carbocycles. The van der Waals surface area contributed by atoms with Gasteiger partial charge >= 0.3 is 6.18 Å². The molecular weight excluding hydrogens is 321 g/mol. The molecule has 1 aromatic heterocycles. The number of halogens is 3. The van der Waals surface area contributed by atoms with Gasteiger partial charge in [0.2, 0.25) is 0 Å². The number of benzene rings is 1. The third-order valence-electron chi connectivity index (χ3n) is 3.48. The molecule has 8 heteroatoms. The molecule has 1 amide bonds. The van der Waals surface area contributed by atoms with Gasteiger partial charge in [-0.05, 0) is 25.5 Å². The molecule has 1 heterocycles. The van der Waals surface area contributed by atoms with Gasteiger partial charge in [-0.3, -0.25) is 4.79 Å². The van der Waals surface area contributed by atoms with Crippen LogP contribution in [0.5, 0.6) is 0 Å². The van der Waals surface area contributed by atoms with E-state index in [1.807, 2.05) is 6.92 Å². The molecule has 0 saturated carbocycles. The highest BCUT2D eigenvalue weighted by molar-refractivity contribution is 5.94. The molecule has 5 nitrogen and oxygen atoms in total. The lowest BCUT2D eigenvalue weighted by Crippen LogP contribution is -2.38. The first kappa shape index (κ1) is 18.0. The fraction of sp³-hybridized carbons (Fsp3) is 0.438. The molecule has 0 saturated heterocycles. The zero-order valence-corrected chi connectivity index (χ0v) is 13.5. The van der Waals surface area contributed by atoms with Gasteiger partial charge in [-0.1, -0.05) is 19.1 Å². The van der Waals surface area contributed by atoms with Crippen LogP contribution < -0.4 is 0 Å². The highest BCUT2D eigenvalue weighted by Crippen LogP contribution is 2.20.